The number of sulfonamides is 1. The summed E-state index contributed by atoms with van der Waals surface area (Å²) in [5, 5.41) is 6.87. The molecule has 2 saturated heterocycles. The summed E-state index contributed by atoms with van der Waals surface area (Å²) in [5.41, 5.74) is 1.28. The lowest BCUT2D eigenvalue weighted by Gasteiger charge is -2.44. The summed E-state index contributed by atoms with van der Waals surface area (Å²) in [4.78, 5) is 16.7. The number of aromatic nitrogens is 2. The highest BCUT2D eigenvalue weighted by molar-refractivity contribution is 7.88. The minimum atomic E-state index is -3.20. The summed E-state index contributed by atoms with van der Waals surface area (Å²) in [6, 6.07) is 2.27. The van der Waals surface area contributed by atoms with E-state index in [4.69, 9.17) is 4.74 Å². The number of carbonyl (C=O) groups is 1. The number of H-pyrrole nitrogens is 1. The number of amides is 1. The van der Waals surface area contributed by atoms with Gasteiger partial charge in [0.25, 0.3) is 5.91 Å². The smallest absolute Gasteiger partial charge is 0.274 e. The molecule has 9 nitrogen and oxygen atoms in total. The van der Waals surface area contributed by atoms with Gasteiger partial charge in [-0.05, 0) is 38.7 Å². The van der Waals surface area contributed by atoms with Crippen molar-refractivity contribution >= 4 is 15.9 Å². The number of rotatable bonds is 7. The second kappa shape index (κ2) is 9.55. The molecular weight excluding hydrogens is 394 g/mol. The molecule has 0 aromatic carbocycles. The molecule has 0 aliphatic carbocycles. The van der Waals surface area contributed by atoms with Crippen molar-refractivity contribution in [2.75, 3.05) is 52.7 Å². The summed E-state index contributed by atoms with van der Waals surface area (Å²) < 4.78 is 31.3. The Morgan fingerprint density at radius 3 is 2.62 bits per heavy atom. The molecular formula is C19H33N5O4S. The van der Waals surface area contributed by atoms with E-state index in [2.05, 4.69) is 15.1 Å². The number of piperidine rings is 1. The van der Waals surface area contributed by atoms with Crippen LogP contribution in [0.25, 0.3) is 0 Å². The first-order valence-corrected chi connectivity index (χ1v) is 12.2. The zero-order valence-electron chi connectivity index (χ0n) is 17.6. The molecule has 2 fully saturated rings. The Labute approximate surface area is 173 Å². The zero-order valence-corrected chi connectivity index (χ0v) is 18.4. The van der Waals surface area contributed by atoms with Crippen molar-refractivity contribution in [1.82, 2.24) is 24.3 Å². The van der Waals surface area contributed by atoms with Crippen molar-refractivity contribution in [2.45, 2.75) is 44.7 Å². The Kier molecular flexibility index (Phi) is 7.31. The maximum atomic E-state index is 12.6. The first-order chi connectivity index (χ1) is 13.8. The van der Waals surface area contributed by atoms with Gasteiger partial charge in [0, 0.05) is 64.2 Å². The Morgan fingerprint density at radius 1 is 1.28 bits per heavy atom. The maximum absolute atomic E-state index is 12.6. The number of hydrogen-bond acceptors (Lipinski definition) is 6. The predicted octanol–water partition coefficient (Wildman–Crippen LogP) is 0.695. The standard InChI is InChI=1S/C19H33N5O4S/c1-15-13-18(21-20-15)19(25)22(2)9-10-24(16-6-11-28-12-7-16)17-5-4-8-23(14-17)29(3,26)27/h13,16-17H,4-12,14H2,1-3H3,(H,20,21). The van der Waals surface area contributed by atoms with Crippen molar-refractivity contribution in [3.63, 3.8) is 0 Å². The fraction of sp³-hybridized carbons (Fsp3) is 0.789. The monoisotopic (exact) mass is 427 g/mol. The number of carbonyl (C=O) groups excluding carboxylic acids is 1. The highest BCUT2D eigenvalue weighted by Gasteiger charge is 2.34. The molecule has 2 aliphatic heterocycles. The molecule has 1 atom stereocenters. The van der Waals surface area contributed by atoms with E-state index in [1.54, 1.807) is 22.3 Å². The van der Waals surface area contributed by atoms with Crippen molar-refractivity contribution in [3.05, 3.63) is 17.5 Å². The topological polar surface area (TPSA) is 98.8 Å². The summed E-state index contributed by atoms with van der Waals surface area (Å²) in [6.45, 7) is 5.71. The van der Waals surface area contributed by atoms with Crippen LogP contribution in [0.15, 0.2) is 6.07 Å². The molecule has 29 heavy (non-hydrogen) atoms. The molecule has 3 heterocycles. The number of aryl methyl sites for hydroxylation is 1. The number of likely N-dealkylation sites (N-methyl/N-ethyl adjacent to an activating group) is 1. The van der Waals surface area contributed by atoms with Gasteiger partial charge in [-0.3, -0.25) is 14.8 Å². The van der Waals surface area contributed by atoms with Crippen LogP contribution >= 0.6 is 0 Å². The van der Waals surface area contributed by atoms with E-state index < -0.39 is 10.0 Å². The van der Waals surface area contributed by atoms with E-state index in [9.17, 15) is 13.2 Å². The molecule has 1 unspecified atom stereocenters. The van der Waals surface area contributed by atoms with E-state index in [1.165, 1.54) is 6.26 Å². The highest BCUT2D eigenvalue weighted by atomic mass is 32.2. The summed E-state index contributed by atoms with van der Waals surface area (Å²) >= 11 is 0. The Bertz CT molecular complexity index is 790. The largest absolute Gasteiger partial charge is 0.381 e. The Balaban J connectivity index is 1.67. The van der Waals surface area contributed by atoms with Crippen LogP contribution in [0.3, 0.4) is 0 Å². The second-order valence-corrected chi connectivity index (χ2v) is 10.1. The van der Waals surface area contributed by atoms with Crippen LogP contribution in [0.4, 0.5) is 0 Å². The molecule has 164 valence electrons. The van der Waals surface area contributed by atoms with Gasteiger partial charge in [0.1, 0.15) is 5.69 Å². The number of nitrogens with one attached hydrogen (secondary N) is 1. The Hall–Kier alpha value is -1.49. The molecule has 1 aromatic heterocycles. The average molecular weight is 428 g/mol. The lowest BCUT2D eigenvalue weighted by atomic mass is 9.99. The van der Waals surface area contributed by atoms with E-state index in [0.29, 0.717) is 37.9 Å². The molecule has 0 bridgehead atoms. The fourth-order valence-corrected chi connectivity index (χ4v) is 5.17. The van der Waals surface area contributed by atoms with Crippen LogP contribution in [0.2, 0.25) is 0 Å². The van der Waals surface area contributed by atoms with Crippen molar-refractivity contribution in [3.8, 4) is 0 Å². The number of hydrogen-bond donors (Lipinski definition) is 1. The van der Waals surface area contributed by atoms with Crippen molar-refractivity contribution < 1.29 is 17.9 Å². The highest BCUT2D eigenvalue weighted by Crippen LogP contribution is 2.24. The van der Waals surface area contributed by atoms with Gasteiger partial charge in [-0.25, -0.2) is 12.7 Å². The minimum absolute atomic E-state index is 0.109. The summed E-state index contributed by atoms with van der Waals surface area (Å²) in [6.07, 6.45) is 4.99. The third-order valence-electron chi connectivity index (χ3n) is 5.92. The van der Waals surface area contributed by atoms with Gasteiger partial charge in [0.15, 0.2) is 0 Å². The molecule has 3 rings (SSSR count). The van der Waals surface area contributed by atoms with Gasteiger partial charge in [0.2, 0.25) is 10.0 Å². The number of aromatic amines is 1. The van der Waals surface area contributed by atoms with Gasteiger partial charge >= 0.3 is 0 Å². The normalized spacial score (nSPS) is 22.1. The molecule has 10 heteroatoms. The van der Waals surface area contributed by atoms with Crippen LogP contribution in [0.1, 0.15) is 41.9 Å². The molecule has 2 aliphatic rings. The quantitative estimate of drug-likeness (QED) is 0.688. The molecule has 0 radical (unpaired) electrons. The van der Waals surface area contributed by atoms with E-state index in [1.807, 2.05) is 6.92 Å². The molecule has 1 amide bonds. The first-order valence-electron chi connectivity index (χ1n) is 10.3. The summed E-state index contributed by atoms with van der Waals surface area (Å²) in [5.74, 6) is -0.109. The van der Waals surface area contributed by atoms with E-state index in [0.717, 1.165) is 44.6 Å². The van der Waals surface area contributed by atoms with Gasteiger partial charge in [-0.2, -0.15) is 5.10 Å². The lowest BCUT2D eigenvalue weighted by Crippen LogP contribution is -2.55. The molecule has 1 aromatic rings. The van der Waals surface area contributed by atoms with Crippen molar-refractivity contribution in [1.29, 1.82) is 0 Å². The summed E-state index contributed by atoms with van der Waals surface area (Å²) in [7, 11) is -1.41. The lowest BCUT2D eigenvalue weighted by molar-refractivity contribution is 0.00316. The van der Waals surface area contributed by atoms with Crippen LogP contribution in [0, 0.1) is 6.92 Å². The average Bonchev–Trinajstić information content (AvgIpc) is 3.14. The van der Waals surface area contributed by atoms with Gasteiger partial charge in [-0.1, -0.05) is 0 Å². The predicted molar refractivity (Wildman–Crippen MR) is 110 cm³/mol. The number of nitrogens with zero attached hydrogens (tertiary/aromatic N) is 4. The van der Waals surface area contributed by atoms with Crippen molar-refractivity contribution in [2.24, 2.45) is 0 Å². The number of ether oxygens (including phenoxy) is 1. The molecule has 0 saturated carbocycles. The van der Waals surface area contributed by atoms with Gasteiger partial charge in [-0.15, -0.1) is 0 Å². The third kappa shape index (κ3) is 5.78. The fourth-order valence-electron chi connectivity index (χ4n) is 4.26. The molecule has 0 spiro atoms. The zero-order chi connectivity index (χ0) is 21.0. The van der Waals surface area contributed by atoms with Crippen LogP contribution in [-0.4, -0.2) is 103 Å². The van der Waals surface area contributed by atoms with Gasteiger partial charge in [0.05, 0.1) is 6.26 Å². The van der Waals surface area contributed by atoms with Crippen LogP contribution < -0.4 is 0 Å². The van der Waals surface area contributed by atoms with E-state index >= 15 is 0 Å². The minimum Gasteiger partial charge on any atom is -0.381 e. The second-order valence-electron chi connectivity index (χ2n) is 8.16. The maximum Gasteiger partial charge on any atom is 0.274 e. The van der Waals surface area contributed by atoms with Crippen LogP contribution in [0.5, 0.6) is 0 Å². The SMILES string of the molecule is Cc1cc(C(=O)N(C)CCN(C2CCOCC2)C2CCCN(S(C)(=O)=O)C2)n[nH]1. The van der Waals surface area contributed by atoms with Crippen LogP contribution in [-0.2, 0) is 14.8 Å². The molecule has 1 N–H and O–H groups in total. The first kappa shape index (κ1) is 22.2. The Morgan fingerprint density at radius 2 is 2.00 bits per heavy atom. The third-order valence-corrected chi connectivity index (χ3v) is 7.19. The van der Waals surface area contributed by atoms with Gasteiger partial charge < -0.3 is 9.64 Å². The van der Waals surface area contributed by atoms with E-state index in [-0.39, 0.29) is 11.9 Å².